The Morgan fingerprint density at radius 3 is 0.538 bits per heavy atom. The molecular weight excluding hydrogens is 468 g/mol. The molecule has 0 unspecified atom stereocenters. The second-order valence-electron chi connectivity index (χ2n) is 13.8. The van der Waals surface area contributed by atoms with E-state index in [-0.39, 0.29) is 0 Å². The van der Waals surface area contributed by atoms with E-state index in [2.05, 4.69) is 20.8 Å². The zero-order chi connectivity index (χ0) is 28.3. The van der Waals surface area contributed by atoms with Crippen LogP contribution in [0.2, 0.25) is 0 Å². The highest BCUT2D eigenvalue weighted by molar-refractivity contribution is 4.53. The third kappa shape index (κ3) is 38.0. The van der Waals surface area contributed by atoms with E-state index < -0.39 is 0 Å². The van der Waals surface area contributed by atoms with Crippen LogP contribution < -0.4 is 0 Å². The normalized spacial score (nSPS) is 11.7. The van der Waals surface area contributed by atoms with Gasteiger partial charge in [0, 0.05) is 0 Å². The van der Waals surface area contributed by atoms with Gasteiger partial charge in [0.15, 0.2) is 0 Å². The van der Waals surface area contributed by atoms with Crippen LogP contribution in [0.1, 0.15) is 245 Å². The van der Waals surface area contributed by atoms with Gasteiger partial charge in [-0.25, -0.2) is 0 Å². The van der Waals surface area contributed by atoms with Gasteiger partial charge in [0.25, 0.3) is 0 Å². The van der Waals surface area contributed by atoms with E-state index in [0.29, 0.717) is 0 Å². The molecule has 0 amide bonds. The summed E-state index contributed by atoms with van der Waals surface area (Å²) in [5.41, 5.74) is 0. The van der Waals surface area contributed by atoms with Crippen molar-refractivity contribution in [3.8, 4) is 0 Å². The highest BCUT2D eigenvalue weighted by Crippen LogP contribution is 2.17. The second kappa shape index (κ2) is 36.0. The van der Waals surface area contributed by atoms with Crippen molar-refractivity contribution in [3.05, 3.63) is 0 Å². The largest absolute Gasteiger partial charge is 0.0654 e. The van der Waals surface area contributed by atoms with E-state index >= 15 is 0 Å². The zero-order valence-electron chi connectivity index (χ0n) is 28.3. The van der Waals surface area contributed by atoms with Crippen LogP contribution in [0.25, 0.3) is 0 Å². The zero-order valence-corrected chi connectivity index (χ0v) is 28.3. The molecular formula is C39H80. The Hall–Kier alpha value is 0. The molecule has 0 aromatic heterocycles. The first-order valence-electron chi connectivity index (χ1n) is 19.3. The SMILES string of the molecule is CCCCCCCCCCCCCCCCCCCCCCCCCCCCCCCCCCCCC(C)C. The molecule has 0 saturated carbocycles. The number of rotatable bonds is 35. The third-order valence-corrected chi connectivity index (χ3v) is 9.14. The summed E-state index contributed by atoms with van der Waals surface area (Å²) in [7, 11) is 0. The van der Waals surface area contributed by atoms with Crippen LogP contribution in [0.3, 0.4) is 0 Å². The molecule has 0 nitrogen and oxygen atoms in total. The smallest absolute Gasteiger partial charge is 0.0471 e. The van der Waals surface area contributed by atoms with Gasteiger partial charge < -0.3 is 0 Å². The average molecular weight is 549 g/mol. The van der Waals surface area contributed by atoms with Crippen LogP contribution in [0, 0.1) is 5.92 Å². The lowest BCUT2D eigenvalue weighted by Gasteiger charge is -2.05. The molecule has 0 saturated heterocycles. The standard InChI is InChI=1S/C39H80/c1-4-5-6-7-8-9-10-11-12-13-14-15-16-17-18-19-20-21-22-23-24-25-26-27-28-29-30-31-32-33-34-35-36-37-38-39(2)3/h39H,4-38H2,1-3H3. The predicted octanol–water partition coefficient (Wildman–Crippen LogP) is 15.3. The van der Waals surface area contributed by atoms with Gasteiger partial charge in [0.2, 0.25) is 0 Å². The van der Waals surface area contributed by atoms with Crippen molar-refractivity contribution in [1.29, 1.82) is 0 Å². The molecule has 0 rings (SSSR count). The van der Waals surface area contributed by atoms with E-state index in [9.17, 15) is 0 Å². The van der Waals surface area contributed by atoms with Crippen molar-refractivity contribution in [2.24, 2.45) is 5.92 Å². The lowest BCUT2D eigenvalue weighted by atomic mass is 10.0. The molecule has 0 bridgehead atoms. The summed E-state index contributed by atoms with van der Waals surface area (Å²) in [5.74, 6) is 0.897. The number of unbranched alkanes of at least 4 members (excludes halogenated alkanes) is 33. The quantitative estimate of drug-likeness (QED) is 0.0691. The van der Waals surface area contributed by atoms with Crippen molar-refractivity contribution in [3.63, 3.8) is 0 Å². The van der Waals surface area contributed by atoms with Crippen LogP contribution in [0.5, 0.6) is 0 Å². The van der Waals surface area contributed by atoms with Gasteiger partial charge in [0.05, 0.1) is 0 Å². The molecule has 0 aliphatic heterocycles. The summed E-state index contributed by atoms with van der Waals surface area (Å²) in [6.07, 6.45) is 51.9. The molecule has 0 aromatic carbocycles. The average Bonchev–Trinajstić information content (AvgIpc) is 2.93. The Morgan fingerprint density at radius 2 is 0.385 bits per heavy atom. The Kier molecular flexibility index (Phi) is 36.0. The Balaban J connectivity index is 3.02. The molecule has 0 aliphatic carbocycles. The topological polar surface area (TPSA) is 0 Å². The van der Waals surface area contributed by atoms with E-state index in [4.69, 9.17) is 0 Å². The summed E-state index contributed by atoms with van der Waals surface area (Å²) in [6, 6.07) is 0. The van der Waals surface area contributed by atoms with Gasteiger partial charge >= 0.3 is 0 Å². The monoisotopic (exact) mass is 549 g/mol. The minimum absolute atomic E-state index is 0.897. The fourth-order valence-electron chi connectivity index (χ4n) is 6.28. The molecule has 0 atom stereocenters. The maximum Gasteiger partial charge on any atom is -0.0471 e. The Labute approximate surface area is 251 Å². The first-order valence-corrected chi connectivity index (χ1v) is 19.3. The third-order valence-electron chi connectivity index (χ3n) is 9.14. The highest BCUT2D eigenvalue weighted by Gasteiger charge is 1.98. The maximum absolute atomic E-state index is 2.35. The summed E-state index contributed by atoms with van der Waals surface area (Å²) < 4.78 is 0. The molecule has 0 heteroatoms. The number of hydrogen-bond donors (Lipinski definition) is 0. The summed E-state index contributed by atoms with van der Waals surface area (Å²) in [6.45, 7) is 7.01. The van der Waals surface area contributed by atoms with E-state index in [1.807, 2.05) is 0 Å². The van der Waals surface area contributed by atoms with Crippen molar-refractivity contribution in [1.82, 2.24) is 0 Å². The molecule has 0 aliphatic rings. The predicted molar refractivity (Wildman–Crippen MR) is 182 cm³/mol. The highest BCUT2D eigenvalue weighted by atomic mass is 14.0. The minimum atomic E-state index is 0.897. The van der Waals surface area contributed by atoms with Gasteiger partial charge in [-0.2, -0.15) is 0 Å². The van der Waals surface area contributed by atoms with Crippen molar-refractivity contribution >= 4 is 0 Å². The summed E-state index contributed by atoms with van der Waals surface area (Å²) in [4.78, 5) is 0. The summed E-state index contributed by atoms with van der Waals surface area (Å²) in [5, 5.41) is 0. The molecule has 0 heterocycles. The van der Waals surface area contributed by atoms with Crippen molar-refractivity contribution in [2.45, 2.75) is 245 Å². The van der Waals surface area contributed by atoms with Crippen molar-refractivity contribution < 1.29 is 0 Å². The van der Waals surface area contributed by atoms with Gasteiger partial charge in [-0.3, -0.25) is 0 Å². The Morgan fingerprint density at radius 1 is 0.231 bits per heavy atom. The Bertz CT molecular complexity index is 397. The molecule has 0 spiro atoms. The fraction of sp³-hybridized carbons (Fsp3) is 1.00. The van der Waals surface area contributed by atoms with E-state index in [1.165, 1.54) is 225 Å². The molecule has 0 aromatic rings. The van der Waals surface area contributed by atoms with Crippen LogP contribution in [0.4, 0.5) is 0 Å². The van der Waals surface area contributed by atoms with Crippen LogP contribution in [-0.4, -0.2) is 0 Å². The van der Waals surface area contributed by atoms with Gasteiger partial charge in [-0.1, -0.05) is 245 Å². The fourth-order valence-corrected chi connectivity index (χ4v) is 6.28. The maximum atomic E-state index is 2.35. The van der Waals surface area contributed by atoms with Crippen LogP contribution in [-0.2, 0) is 0 Å². The molecule has 236 valence electrons. The van der Waals surface area contributed by atoms with Gasteiger partial charge in [0.1, 0.15) is 0 Å². The van der Waals surface area contributed by atoms with E-state index in [0.717, 1.165) is 5.92 Å². The van der Waals surface area contributed by atoms with Gasteiger partial charge in [-0.05, 0) is 5.92 Å². The second-order valence-corrected chi connectivity index (χ2v) is 13.8. The lowest BCUT2D eigenvalue weighted by Crippen LogP contribution is -1.87. The minimum Gasteiger partial charge on any atom is -0.0654 e. The first kappa shape index (κ1) is 39.0. The van der Waals surface area contributed by atoms with E-state index in [1.54, 1.807) is 0 Å². The lowest BCUT2D eigenvalue weighted by molar-refractivity contribution is 0.500. The van der Waals surface area contributed by atoms with Gasteiger partial charge in [-0.15, -0.1) is 0 Å². The first-order chi connectivity index (χ1) is 19.3. The molecule has 39 heavy (non-hydrogen) atoms. The molecule has 0 radical (unpaired) electrons. The summed E-state index contributed by atoms with van der Waals surface area (Å²) >= 11 is 0. The number of hydrogen-bond acceptors (Lipinski definition) is 0. The molecule has 0 N–H and O–H groups in total. The van der Waals surface area contributed by atoms with Crippen molar-refractivity contribution in [2.75, 3.05) is 0 Å². The van der Waals surface area contributed by atoms with Crippen LogP contribution >= 0.6 is 0 Å². The molecule has 0 fully saturated rings. The van der Waals surface area contributed by atoms with Crippen LogP contribution in [0.15, 0.2) is 0 Å².